The van der Waals surface area contributed by atoms with Crippen LogP contribution in [0.15, 0.2) is 127 Å². The lowest BCUT2D eigenvalue weighted by Gasteiger charge is -2.12. The van der Waals surface area contributed by atoms with Crippen molar-refractivity contribution in [1.29, 1.82) is 0 Å². The zero-order chi connectivity index (χ0) is 30.7. The van der Waals surface area contributed by atoms with E-state index in [1.54, 1.807) is 0 Å². The van der Waals surface area contributed by atoms with E-state index in [0.717, 1.165) is 66.4 Å². The van der Waals surface area contributed by atoms with Gasteiger partial charge in [0.15, 0.2) is 23.3 Å². The van der Waals surface area contributed by atoms with E-state index in [9.17, 15) is 0 Å². The number of rotatable bonds is 0. The molecule has 2 aromatic heterocycles. The molecule has 0 N–H and O–H groups in total. The van der Waals surface area contributed by atoms with Crippen molar-refractivity contribution in [1.82, 2.24) is 9.13 Å². The first-order valence-corrected chi connectivity index (χ1v) is 15.5. The predicted octanol–water partition coefficient (Wildman–Crippen LogP) is 7.10. The molecule has 218 valence electrons. The minimum Gasteiger partial charge on any atom is -0.291 e. The van der Waals surface area contributed by atoms with E-state index < -0.39 is 0 Å². The van der Waals surface area contributed by atoms with Gasteiger partial charge >= 0.3 is 0 Å². The smallest absolute Gasteiger partial charge is 0.164 e. The van der Waals surface area contributed by atoms with Crippen molar-refractivity contribution in [2.45, 2.75) is 34.4 Å². The maximum Gasteiger partial charge on any atom is 0.164 e. The van der Waals surface area contributed by atoms with Crippen LogP contribution in [-0.2, 0) is 6.67 Å². The van der Waals surface area contributed by atoms with E-state index in [1.165, 1.54) is 0 Å². The first kappa shape index (κ1) is 26.8. The first-order chi connectivity index (χ1) is 22.3. The van der Waals surface area contributed by atoms with Crippen molar-refractivity contribution in [3.8, 4) is 0 Å². The molecule has 0 saturated heterocycles. The van der Waals surface area contributed by atoms with Crippen molar-refractivity contribution >= 4 is 56.5 Å². The molecule has 0 spiro atoms. The van der Waals surface area contributed by atoms with Crippen LogP contribution in [0.2, 0.25) is 0 Å². The summed E-state index contributed by atoms with van der Waals surface area (Å²) >= 11 is 0. The molecular formula is C37H30N8. The SMILES string of the molecule is CC.CC.c1ccc2c(c1)C1=NC2=Nc2c3ccccc3c3n2Cn2c(c4ccccc4c2=NC2=NC(=N3)c3ccccc32)=N1. The zero-order valence-corrected chi connectivity index (χ0v) is 25.5. The van der Waals surface area contributed by atoms with Gasteiger partial charge < -0.3 is 0 Å². The number of benzene rings is 4. The summed E-state index contributed by atoms with van der Waals surface area (Å²) in [4.78, 5) is 30.9. The minimum atomic E-state index is 0.423. The first-order valence-electron chi connectivity index (χ1n) is 15.5. The van der Waals surface area contributed by atoms with E-state index in [1.807, 2.05) is 76.2 Å². The van der Waals surface area contributed by atoms with Gasteiger partial charge in [-0.1, -0.05) is 125 Å². The number of aromatic nitrogens is 2. The second-order valence-electron chi connectivity index (χ2n) is 10.4. The van der Waals surface area contributed by atoms with E-state index in [4.69, 9.17) is 30.0 Å². The summed E-state index contributed by atoms with van der Waals surface area (Å²) in [5.41, 5.74) is 5.45. The Morgan fingerprint density at radius 1 is 0.378 bits per heavy atom. The van der Waals surface area contributed by atoms with E-state index in [-0.39, 0.29) is 0 Å². The molecule has 0 amide bonds. The Bertz CT molecular complexity index is 2280. The maximum atomic E-state index is 5.22. The van der Waals surface area contributed by atoms with Crippen molar-refractivity contribution < 1.29 is 0 Å². The van der Waals surface area contributed by atoms with Gasteiger partial charge in [0.1, 0.15) is 29.3 Å². The van der Waals surface area contributed by atoms with Crippen LogP contribution in [0.25, 0.3) is 21.5 Å². The summed E-state index contributed by atoms with van der Waals surface area (Å²) in [5, 5.41) is 4.02. The van der Waals surface area contributed by atoms with Gasteiger partial charge in [0.25, 0.3) is 0 Å². The second-order valence-corrected chi connectivity index (χ2v) is 10.4. The van der Waals surface area contributed by atoms with E-state index >= 15 is 0 Å². The van der Waals surface area contributed by atoms with Gasteiger partial charge in [-0.3, -0.25) is 9.13 Å². The van der Waals surface area contributed by atoms with Gasteiger partial charge in [0, 0.05) is 43.8 Å². The Balaban J connectivity index is 0.000000725. The molecule has 0 radical (unpaired) electrons. The average molecular weight is 587 g/mol. The topological polar surface area (TPSA) is 84.0 Å². The molecule has 0 saturated carbocycles. The zero-order valence-electron chi connectivity index (χ0n) is 25.5. The van der Waals surface area contributed by atoms with E-state index in [0.29, 0.717) is 30.0 Å². The summed E-state index contributed by atoms with van der Waals surface area (Å²) in [6, 6.07) is 32.9. The van der Waals surface area contributed by atoms with Crippen molar-refractivity contribution in [2.24, 2.45) is 30.0 Å². The maximum absolute atomic E-state index is 5.22. The fourth-order valence-corrected chi connectivity index (χ4v) is 6.35. The molecule has 0 fully saturated rings. The molecule has 6 heterocycles. The molecule has 4 aliphatic rings. The van der Waals surface area contributed by atoms with Crippen LogP contribution < -0.4 is 11.0 Å². The lowest BCUT2D eigenvalue weighted by Crippen LogP contribution is -2.32. The number of aliphatic imine (C=N–C) groups is 4. The Morgan fingerprint density at radius 2 is 0.711 bits per heavy atom. The summed E-state index contributed by atoms with van der Waals surface area (Å²) in [6.07, 6.45) is 0. The van der Waals surface area contributed by atoms with Crippen LogP contribution in [0.1, 0.15) is 49.9 Å². The highest BCUT2D eigenvalue weighted by Gasteiger charge is 2.29. The average Bonchev–Trinajstić information content (AvgIpc) is 3.81. The van der Waals surface area contributed by atoms with Crippen molar-refractivity contribution in [3.05, 3.63) is 130 Å². The molecule has 6 aromatic rings. The number of nitrogens with zero attached hydrogens (tertiary/aromatic N) is 8. The fourth-order valence-electron chi connectivity index (χ4n) is 6.35. The molecular weight excluding hydrogens is 556 g/mol. The van der Waals surface area contributed by atoms with Crippen LogP contribution in [0.4, 0.5) is 11.6 Å². The Hall–Kier alpha value is -5.76. The predicted molar refractivity (Wildman–Crippen MR) is 183 cm³/mol. The number of amidine groups is 4. The normalized spacial score (nSPS) is 14.6. The largest absolute Gasteiger partial charge is 0.291 e. The quantitative estimate of drug-likeness (QED) is 0.182. The summed E-state index contributed by atoms with van der Waals surface area (Å²) in [6.45, 7) is 8.42. The molecule has 8 nitrogen and oxygen atoms in total. The highest BCUT2D eigenvalue weighted by atomic mass is 15.3. The Kier molecular flexibility index (Phi) is 6.23. The molecule has 8 heteroatoms. The van der Waals surface area contributed by atoms with Crippen LogP contribution in [0.5, 0.6) is 0 Å². The molecule has 45 heavy (non-hydrogen) atoms. The highest BCUT2D eigenvalue weighted by molar-refractivity contribution is 6.25. The second kappa shape index (κ2) is 10.4. The lowest BCUT2D eigenvalue weighted by atomic mass is 10.1. The van der Waals surface area contributed by atoms with Gasteiger partial charge in [-0.05, 0) is 0 Å². The number of fused-ring (bicyclic) bond motifs is 14. The van der Waals surface area contributed by atoms with Crippen molar-refractivity contribution in [2.75, 3.05) is 0 Å². The third-order valence-corrected chi connectivity index (χ3v) is 8.21. The monoisotopic (exact) mass is 586 g/mol. The van der Waals surface area contributed by atoms with Crippen LogP contribution >= 0.6 is 0 Å². The molecule has 0 atom stereocenters. The molecule has 4 aliphatic heterocycles. The van der Waals surface area contributed by atoms with Crippen LogP contribution in [-0.4, -0.2) is 32.5 Å². The van der Waals surface area contributed by atoms with Gasteiger partial charge in [-0.2, -0.15) is 0 Å². The van der Waals surface area contributed by atoms with E-state index in [2.05, 4.69) is 57.7 Å². The standard InChI is InChI=1S/C33H18N8.2C2H6/c1-2-10-19-18(9-1)26-34-27(19)37-31-24-15-7-8-16-25(24)33-39-29-21-12-4-3-11-20(21)28(35-29)38-32-23-14-6-5-13-22(23)30(36-26)40(32)17-41(31)33;2*1-2/h1-16H,17H2;2*1-2H3. The highest BCUT2D eigenvalue weighted by Crippen LogP contribution is 2.40. The number of hydrogen-bond donors (Lipinski definition) is 0. The summed E-state index contributed by atoms with van der Waals surface area (Å²) in [5.74, 6) is 4.18. The van der Waals surface area contributed by atoms with Crippen LogP contribution in [0.3, 0.4) is 0 Å². The Labute approximate surface area is 259 Å². The third kappa shape index (κ3) is 3.85. The van der Waals surface area contributed by atoms with Crippen molar-refractivity contribution in [3.63, 3.8) is 0 Å². The van der Waals surface area contributed by atoms with Gasteiger partial charge in [0.2, 0.25) is 0 Å². The third-order valence-electron chi connectivity index (χ3n) is 8.21. The molecule has 10 rings (SSSR count). The number of hydrogen-bond acceptors (Lipinski definition) is 6. The van der Waals surface area contributed by atoms with Gasteiger partial charge in [-0.25, -0.2) is 30.0 Å². The molecule has 0 unspecified atom stereocenters. The molecule has 4 aromatic carbocycles. The fraction of sp³-hybridized carbons (Fsp3) is 0.135. The minimum absolute atomic E-state index is 0.423. The summed E-state index contributed by atoms with van der Waals surface area (Å²) < 4.78 is 4.31. The molecule has 0 aliphatic carbocycles. The lowest BCUT2D eigenvalue weighted by molar-refractivity contribution is 0.584. The summed E-state index contributed by atoms with van der Waals surface area (Å²) in [7, 11) is 0. The van der Waals surface area contributed by atoms with Gasteiger partial charge in [-0.15, -0.1) is 0 Å². The van der Waals surface area contributed by atoms with Crippen LogP contribution in [0, 0.1) is 0 Å². The Morgan fingerprint density at radius 3 is 1.11 bits per heavy atom. The van der Waals surface area contributed by atoms with Gasteiger partial charge in [0.05, 0.1) is 0 Å². The molecule has 6 bridgehead atoms.